The fraction of sp³-hybridized carbons (Fsp3) is 0.470. The average molecular weight is 2150 g/mol. The number of alkyl halides is 1. The number of aromatic nitrogens is 2. The van der Waals surface area contributed by atoms with Gasteiger partial charge in [-0.2, -0.15) is 0 Å². The number of esters is 2. The predicted octanol–water partition coefficient (Wildman–Crippen LogP) is 20.0. The summed E-state index contributed by atoms with van der Waals surface area (Å²) in [5.41, 5.74) is 8.10. The van der Waals surface area contributed by atoms with Crippen LogP contribution in [0.4, 0.5) is 11.4 Å². The van der Waals surface area contributed by atoms with Crippen molar-refractivity contribution in [3.05, 3.63) is 190 Å². The number of rotatable bonds is 37. The van der Waals surface area contributed by atoms with Gasteiger partial charge in [0.25, 0.3) is 9.05 Å². The topological polar surface area (TPSA) is 370 Å². The van der Waals surface area contributed by atoms with E-state index in [1.807, 2.05) is 43.8 Å². The number of anilines is 2. The van der Waals surface area contributed by atoms with Crippen LogP contribution in [-0.2, 0) is 77.8 Å². The molecule has 5 N–H and O–H groups in total. The SMILES string of the molecule is C.CCOC(=O)CCCCBr.CCOC(=O)CCCCN(C)S(=O)(=O)c1c(Cl)cccc1Cl.CN(CCCCC(=O)NCCC1CCN(c2ccncc2)CC1)S(=O)(=O)c1c(Cl)cccc1Cl.CN(CCCCC(=O)O)S(=O)(=O)c1c(Cl)cccc1Cl.CNS(=O)(=O)c1c(Cl)cccc1Cl.NCCC1CCN(c2ccncc2)CC1.O=S(=O)(Cl)c1c(Cl)cccc1Cl. The maximum atomic E-state index is 12.8. The van der Waals surface area contributed by atoms with Gasteiger partial charge < -0.3 is 35.4 Å². The number of halogens is 12. The monoisotopic (exact) mass is 2140 g/mol. The smallest absolute Gasteiger partial charge is 0.305 e. The molecular weight excluding hydrogens is 2040 g/mol. The van der Waals surface area contributed by atoms with Gasteiger partial charge in [-0.25, -0.2) is 59.7 Å². The summed E-state index contributed by atoms with van der Waals surface area (Å²) >= 11 is 61.6. The molecule has 27 nitrogen and oxygen atoms in total. The van der Waals surface area contributed by atoms with Gasteiger partial charge in [-0.15, -0.1) is 0 Å². The summed E-state index contributed by atoms with van der Waals surface area (Å²) in [4.78, 5) is 56.8. The van der Waals surface area contributed by atoms with E-state index in [2.05, 4.69) is 57.9 Å². The van der Waals surface area contributed by atoms with Gasteiger partial charge in [-0.05, 0) is 214 Å². The molecule has 0 bridgehead atoms. The van der Waals surface area contributed by atoms with Crippen molar-refractivity contribution < 1.29 is 75.8 Å². The third kappa shape index (κ3) is 42.5. The van der Waals surface area contributed by atoms with E-state index in [4.69, 9.17) is 147 Å². The summed E-state index contributed by atoms with van der Waals surface area (Å²) in [7, 11) is -8.02. The van der Waals surface area contributed by atoms with Crippen LogP contribution < -0.4 is 25.6 Å². The third-order valence-electron chi connectivity index (χ3n) is 18.8. The molecule has 0 unspecified atom stereocenters. The number of sulfonamides is 4. The lowest BCUT2D eigenvalue weighted by Gasteiger charge is -2.33. The Labute approximate surface area is 812 Å². The molecule has 1 amide bonds. The number of hydrogen-bond acceptors (Lipinski definition) is 21. The van der Waals surface area contributed by atoms with Gasteiger partial charge in [0.05, 0.1) is 63.4 Å². The normalized spacial score (nSPS) is 13.1. The minimum atomic E-state index is -3.86. The molecule has 44 heteroatoms. The number of pyridine rings is 2. The van der Waals surface area contributed by atoms with Crippen molar-refractivity contribution in [1.29, 1.82) is 0 Å². The minimum Gasteiger partial charge on any atom is -0.481 e. The van der Waals surface area contributed by atoms with E-state index in [9.17, 15) is 61.3 Å². The second-order valence-electron chi connectivity index (χ2n) is 27.9. The quantitative estimate of drug-likeness (QED) is 0.0122. The van der Waals surface area contributed by atoms with Crippen molar-refractivity contribution >= 4 is 227 Å². The molecule has 0 aliphatic carbocycles. The molecule has 4 heterocycles. The molecule has 0 atom stereocenters. The highest BCUT2D eigenvalue weighted by molar-refractivity contribution is 9.09. The summed E-state index contributed by atoms with van der Waals surface area (Å²) < 4.78 is 135. The molecule has 0 saturated carbocycles. The van der Waals surface area contributed by atoms with Crippen molar-refractivity contribution in [3.63, 3.8) is 0 Å². The van der Waals surface area contributed by atoms with Crippen LogP contribution >= 0.6 is 143 Å². The van der Waals surface area contributed by atoms with Crippen molar-refractivity contribution in [2.45, 2.75) is 161 Å². The van der Waals surface area contributed by atoms with Crippen LogP contribution in [0.5, 0.6) is 0 Å². The van der Waals surface area contributed by atoms with Crippen molar-refractivity contribution in [3.8, 4) is 0 Å². The predicted molar refractivity (Wildman–Crippen MR) is 518 cm³/mol. The highest BCUT2D eigenvalue weighted by atomic mass is 79.9. The van der Waals surface area contributed by atoms with Crippen LogP contribution in [0.1, 0.15) is 137 Å². The van der Waals surface area contributed by atoms with Crippen molar-refractivity contribution in [2.24, 2.45) is 17.6 Å². The number of aliphatic carboxylic acids is 1. The number of nitrogens with zero attached hydrogens (tertiary/aromatic N) is 7. The third-order valence-corrected chi connectivity index (χ3v) is 32.4. The molecule has 2 aliphatic rings. The Morgan fingerprint density at radius 3 is 1.03 bits per heavy atom. The first-order chi connectivity index (χ1) is 59.5. The molecule has 2 saturated heterocycles. The fourth-order valence-electron chi connectivity index (χ4n) is 12.0. The molecule has 2 fully saturated rings. The zero-order valence-electron chi connectivity index (χ0n) is 70.4. The summed E-state index contributed by atoms with van der Waals surface area (Å²) in [6, 6.07) is 30.8. The van der Waals surface area contributed by atoms with Gasteiger partial charge >= 0.3 is 17.9 Å². The first-order valence-electron chi connectivity index (χ1n) is 39.8. The first kappa shape index (κ1) is 118. The van der Waals surface area contributed by atoms with E-state index in [1.165, 1.54) is 134 Å². The van der Waals surface area contributed by atoms with Gasteiger partial charge in [0, 0.05) is 151 Å². The van der Waals surface area contributed by atoms with Gasteiger partial charge in [0.1, 0.15) is 24.5 Å². The van der Waals surface area contributed by atoms with E-state index in [1.54, 1.807) is 31.2 Å². The molecule has 9 rings (SSSR count). The number of nitrogens with two attached hydrogens (primary N) is 1. The van der Waals surface area contributed by atoms with Crippen LogP contribution in [0.3, 0.4) is 0 Å². The molecular formula is C83H112BrCl11N10O17S5. The lowest BCUT2D eigenvalue weighted by molar-refractivity contribution is -0.144. The van der Waals surface area contributed by atoms with E-state index in [-0.39, 0.29) is 132 Å². The van der Waals surface area contributed by atoms with E-state index < -0.39 is 55.1 Å². The molecule has 0 radical (unpaired) electrons. The molecule has 0 spiro atoms. The number of carbonyl (C=O) groups is 4. The van der Waals surface area contributed by atoms with Crippen molar-refractivity contribution in [2.75, 3.05) is 115 Å². The van der Waals surface area contributed by atoms with Gasteiger partial charge in [0.2, 0.25) is 46.0 Å². The second-order valence-corrected chi connectivity index (χ2v) is 43.0. The van der Waals surface area contributed by atoms with Gasteiger partial charge in [-0.1, -0.05) is 170 Å². The number of nitrogens with one attached hydrogen (secondary N) is 2. The number of carbonyl (C=O) groups excluding carboxylic acids is 3. The highest BCUT2D eigenvalue weighted by Gasteiger charge is 2.30. The Morgan fingerprint density at radius 2 is 0.748 bits per heavy atom. The van der Waals surface area contributed by atoms with Gasteiger partial charge in [0.15, 0.2) is 0 Å². The van der Waals surface area contributed by atoms with Crippen LogP contribution in [0, 0.1) is 11.8 Å². The van der Waals surface area contributed by atoms with E-state index in [0.717, 1.165) is 80.4 Å². The molecule has 127 heavy (non-hydrogen) atoms. The number of carboxylic acid groups (broad SMARTS) is 1. The van der Waals surface area contributed by atoms with Crippen molar-refractivity contribution in [1.82, 2.24) is 32.9 Å². The van der Waals surface area contributed by atoms with Crippen LogP contribution in [0.25, 0.3) is 0 Å². The summed E-state index contributed by atoms with van der Waals surface area (Å²) in [6.07, 6.45) is 20.6. The molecule has 710 valence electrons. The number of amides is 1. The zero-order chi connectivity index (χ0) is 94.4. The average Bonchev–Trinajstić information content (AvgIpc) is 0.809. The second kappa shape index (κ2) is 61.8. The van der Waals surface area contributed by atoms with E-state index in [0.29, 0.717) is 77.0 Å². The van der Waals surface area contributed by atoms with Gasteiger partial charge in [-0.3, -0.25) is 29.1 Å². The standard InChI is InChI=1S/C24H32Cl2N4O3S.C14H19Cl2NO4S.C12H15Cl2NO4S.C12H19N3.C7H13BrO2.C7H7Cl2NO2S.C6H3Cl3O2S.CH4/c1-29(34(32,33)24-21(25)5-4-6-22(24)26)16-3-2-7-23(31)28-15-8-19-11-17-30(18-12-19)20-9-13-27-14-10-20;1-3-21-13(18)9-4-5-10-17(2)22(19,20)14-11(15)7-6-8-12(14)16;1-15(8-3-2-7-11(16)17)20(18,19)12-9(13)5-4-6-10(12)14;13-6-1-11-4-9-15(10-5-11)12-2-7-14-8-3-12;1-2-10-7(9)5-3-4-6-8;1-10-13(11,12)7-5(8)3-2-4-6(7)9;7-4-2-1-3-5(8)6(4)12(9,10)11;/h4-6,9-10,13-14,19H,2-3,7-8,11-12,15-18H2,1H3,(H,28,31);6-8H,3-5,9-10H2,1-2H3;4-6H,2-3,7-8H2,1H3,(H,16,17);2-3,7-8,11H,1,4-6,9-10,13H2;2-6H2,1H3;2-4,10H,1H3;1-3H;1H4. The summed E-state index contributed by atoms with van der Waals surface area (Å²) in [6.45, 7) is 11.0. The molecule has 5 aromatic carbocycles. The maximum absolute atomic E-state index is 12.8. The molecule has 2 aromatic heterocycles. The number of carboxylic acids is 1. The Kier molecular flexibility index (Phi) is 57.5. The number of unbranched alkanes of at least 4 members (excludes halogenated alkanes) is 4. The summed E-state index contributed by atoms with van der Waals surface area (Å²) in [5, 5.41) is 13.3. The van der Waals surface area contributed by atoms with E-state index >= 15 is 0 Å². The highest BCUT2D eigenvalue weighted by Crippen LogP contribution is 2.37. The molecule has 7 aromatic rings. The minimum absolute atomic E-state index is 0. The maximum Gasteiger partial charge on any atom is 0.305 e. The number of piperidine rings is 2. The van der Waals surface area contributed by atoms with Crippen LogP contribution in [-0.4, -0.2) is 200 Å². The summed E-state index contributed by atoms with van der Waals surface area (Å²) in [5.74, 6) is 0.214. The van der Waals surface area contributed by atoms with Crippen LogP contribution in [0.15, 0.2) is 165 Å². The largest absolute Gasteiger partial charge is 0.481 e. The lowest BCUT2D eigenvalue weighted by atomic mass is 9.93. The zero-order valence-corrected chi connectivity index (χ0v) is 84.4. The number of benzene rings is 5. The fourth-order valence-corrected chi connectivity index (χ4v) is 23.5. The van der Waals surface area contributed by atoms with Crippen LogP contribution in [0.2, 0.25) is 50.2 Å². The first-order valence-corrected chi connectivity index (χ1v) is 52.8. The number of hydrogen-bond donors (Lipinski definition) is 4. The number of ether oxygens (including phenoxy) is 2. The Hall–Kier alpha value is -4.90. The Morgan fingerprint density at radius 1 is 0.457 bits per heavy atom. The molecule has 2 aliphatic heterocycles. The lowest BCUT2D eigenvalue weighted by Crippen LogP contribution is -2.35. The Bertz CT molecular complexity index is 5030. The Balaban J connectivity index is 0.000000521.